The van der Waals surface area contributed by atoms with E-state index in [1.54, 1.807) is 12.3 Å². The molecule has 1 rings (SSSR count). The van der Waals surface area contributed by atoms with Crippen molar-refractivity contribution in [1.29, 1.82) is 0 Å². The summed E-state index contributed by atoms with van der Waals surface area (Å²) in [7, 11) is 0. The Balaban J connectivity index is 2.56. The van der Waals surface area contributed by atoms with Crippen molar-refractivity contribution in [3.63, 3.8) is 0 Å². The average Bonchev–Trinajstić information content (AvgIpc) is 2.01. The van der Waals surface area contributed by atoms with E-state index >= 15 is 0 Å². The molecule has 0 aliphatic heterocycles. The third kappa shape index (κ3) is 2.74. The molecule has 1 aromatic heterocycles. The molecule has 0 spiro atoms. The Labute approximate surface area is 70.6 Å². The first kappa shape index (κ1) is 8.30. The Morgan fingerprint density at radius 3 is 3.09 bits per heavy atom. The summed E-state index contributed by atoms with van der Waals surface area (Å²) in [6.45, 7) is 1.36. The zero-order valence-corrected chi connectivity index (χ0v) is 6.80. The lowest BCUT2D eigenvalue weighted by Crippen LogP contribution is -2.12. The normalized spacial score (nSPS) is 9.64. The van der Waals surface area contributed by atoms with Gasteiger partial charge < -0.3 is 11.1 Å². The van der Waals surface area contributed by atoms with Crippen LogP contribution in [0.5, 0.6) is 0 Å². The second-order valence-corrected chi connectivity index (χ2v) is 2.47. The van der Waals surface area contributed by atoms with Crippen LogP contribution in [0.1, 0.15) is 0 Å². The van der Waals surface area contributed by atoms with E-state index in [1.165, 1.54) is 0 Å². The fourth-order valence-corrected chi connectivity index (χ4v) is 0.903. The number of rotatable bonds is 3. The molecule has 0 amide bonds. The van der Waals surface area contributed by atoms with Gasteiger partial charge in [0, 0.05) is 25.0 Å². The maximum atomic E-state index is 5.64. The van der Waals surface area contributed by atoms with Crippen molar-refractivity contribution < 1.29 is 0 Å². The SMILES string of the molecule is NCCNc1ccnc(Cl)c1. The fraction of sp³-hybridized carbons (Fsp3) is 0.286. The summed E-state index contributed by atoms with van der Waals surface area (Å²) in [5, 5.41) is 3.58. The van der Waals surface area contributed by atoms with Gasteiger partial charge in [-0.25, -0.2) is 4.98 Å². The van der Waals surface area contributed by atoms with Crippen molar-refractivity contribution in [1.82, 2.24) is 4.98 Å². The largest absolute Gasteiger partial charge is 0.384 e. The number of nitrogens with two attached hydrogens (primary N) is 1. The van der Waals surface area contributed by atoms with Gasteiger partial charge in [-0.15, -0.1) is 0 Å². The summed E-state index contributed by atoms with van der Waals surface area (Å²) in [5.74, 6) is 0. The summed E-state index contributed by atoms with van der Waals surface area (Å²) in [6.07, 6.45) is 1.65. The van der Waals surface area contributed by atoms with Crippen LogP contribution in [0.4, 0.5) is 5.69 Å². The van der Waals surface area contributed by atoms with Crippen molar-refractivity contribution in [3.05, 3.63) is 23.5 Å². The Morgan fingerprint density at radius 2 is 2.45 bits per heavy atom. The minimum absolute atomic E-state index is 0.493. The van der Waals surface area contributed by atoms with Gasteiger partial charge in [0.2, 0.25) is 0 Å². The van der Waals surface area contributed by atoms with Crippen LogP contribution in [-0.2, 0) is 0 Å². The predicted octanol–water partition coefficient (Wildman–Crippen LogP) is 1.11. The maximum Gasteiger partial charge on any atom is 0.131 e. The molecule has 1 aromatic rings. The number of hydrogen-bond acceptors (Lipinski definition) is 3. The molecule has 0 bridgehead atoms. The van der Waals surface area contributed by atoms with Crippen LogP contribution in [0, 0.1) is 0 Å². The molecule has 1 heterocycles. The van der Waals surface area contributed by atoms with Gasteiger partial charge in [0.1, 0.15) is 5.15 Å². The lowest BCUT2D eigenvalue weighted by atomic mass is 10.4. The number of hydrogen-bond donors (Lipinski definition) is 2. The number of anilines is 1. The molecule has 0 atom stereocenters. The molecule has 0 aliphatic rings. The highest BCUT2D eigenvalue weighted by Crippen LogP contribution is 2.10. The summed E-state index contributed by atoms with van der Waals surface area (Å²) in [4.78, 5) is 3.84. The summed E-state index contributed by atoms with van der Waals surface area (Å²) >= 11 is 5.64. The van der Waals surface area contributed by atoms with Crippen molar-refractivity contribution >= 4 is 17.3 Å². The smallest absolute Gasteiger partial charge is 0.131 e. The van der Waals surface area contributed by atoms with Gasteiger partial charge in [0.15, 0.2) is 0 Å². The van der Waals surface area contributed by atoms with Gasteiger partial charge in [-0.3, -0.25) is 0 Å². The number of nitrogens with zero attached hydrogens (tertiary/aromatic N) is 1. The molecular weight excluding hydrogens is 162 g/mol. The molecule has 0 radical (unpaired) electrons. The van der Waals surface area contributed by atoms with Gasteiger partial charge in [0.05, 0.1) is 0 Å². The molecule has 0 unspecified atom stereocenters. The molecule has 0 aromatic carbocycles. The summed E-state index contributed by atoms with van der Waals surface area (Å²) < 4.78 is 0. The first-order chi connectivity index (χ1) is 5.33. The average molecular weight is 172 g/mol. The number of aromatic nitrogens is 1. The van der Waals surface area contributed by atoms with Gasteiger partial charge >= 0.3 is 0 Å². The molecule has 0 fully saturated rings. The van der Waals surface area contributed by atoms with E-state index in [2.05, 4.69) is 10.3 Å². The van der Waals surface area contributed by atoms with E-state index in [0.29, 0.717) is 11.7 Å². The first-order valence-corrected chi connectivity index (χ1v) is 3.76. The van der Waals surface area contributed by atoms with Crippen LogP contribution >= 0.6 is 11.6 Å². The van der Waals surface area contributed by atoms with E-state index in [1.807, 2.05) is 6.07 Å². The van der Waals surface area contributed by atoms with Crippen LogP contribution in [0.15, 0.2) is 18.3 Å². The second kappa shape index (κ2) is 4.16. The van der Waals surface area contributed by atoms with Gasteiger partial charge in [-0.1, -0.05) is 11.6 Å². The predicted molar refractivity (Wildman–Crippen MR) is 46.8 cm³/mol. The highest BCUT2D eigenvalue weighted by atomic mass is 35.5. The van der Waals surface area contributed by atoms with Gasteiger partial charge in [0.25, 0.3) is 0 Å². The van der Waals surface area contributed by atoms with Gasteiger partial charge in [-0.2, -0.15) is 0 Å². The summed E-state index contributed by atoms with van der Waals surface area (Å²) in [5.41, 5.74) is 6.26. The van der Waals surface area contributed by atoms with Crippen molar-refractivity contribution in [2.24, 2.45) is 5.73 Å². The van der Waals surface area contributed by atoms with E-state index in [-0.39, 0.29) is 0 Å². The zero-order valence-electron chi connectivity index (χ0n) is 6.05. The zero-order chi connectivity index (χ0) is 8.10. The molecule has 0 aliphatic carbocycles. The molecule has 4 heteroatoms. The van der Waals surface area contributed by atoms with Crippen LogP contribution in [-0.4, -0.2) is 18.1 Å². The minimum atomic E-state index is 0.493. The van der Waals surface area contributed by atoms with Gasteiger partial charge in [-0.05, 0) is 12.1 Å². The van der Waals surface area contributed by atoms with Crippen molar-refractivity contribution in [2.75, 3.05) is 18.4 Å². The molecule has 11 heavy (non-hydrogen) atoms. The quantitative estimate of drug-likeness (QED) is 0.670. The van der Waals surface area contributed by atoms with E-state index in [4.69, 9.17) is 17.3 Å². The molecule has 0 saturated heterocycles. The van der Waals surface area contributed by atoms with E-state index in [9.17, 15) is 0 Å². The standard InChI is InChI=1S/C7H10ClN3/c8-7-5-6(1-3-11-7)10-4-2-9/h1,3,5H,2,4,9H2,(H,10,11). The highest BCUT2D eigenvalue weighted by Gasteiger charge is 1.91. The number of nitrogens with one attached hydrogen (secondary N) is 1. The molecule has 3 N–H and O–H groups in total. The van der Waals surface area contributed by atoms with Crippen LogP contribution < -0.4 is 11.1 Å². The van der Waals surface area contributed by atoms with Crippen LogP contribution in [0.2, 0.25) is 5.15 Å². The lowest BCUT2D eigenvalue weighted by Gasteiger charge is -2.02. The monoisotopic (exact) mass is 171 g/mol. The van der Waals surface area contributed by atoms with E-state index < -0.39 is 0 Å². The van der Waals surface area contributed by atoms with Crippen molar-refractivity contribution in [2.45, 2.75) is 0 Å². The third-order valence-corrected chi connectivity index (χ3v) is 1.41. The fourth-order valence-electron chi connectivity index (χ4n) is 0.729. The Morgan fingerprint density at radius 1 is 1.64 bits per heavy atom. The highest BCUT2D eigenvalue weighted by molar-refractivity contribution is 6.29. The maximum absolute atomic E-state index is 5.64. The Kier molecular flexibility index (Phi) is 3.14. The lowest BCUT2D eigenvalue weighted by molar-refractivity contribution is 1.02. The number of halogens is 1. The van der Waals surface area contributed by atoms with Crippen LogP contribution in [0.25, 0.3) is 0 Å². The molecule has 60 valence electrons. The topological polar surface area (TPSA) is 50.9 Å². The molecule has 0 saturated carbocycles. The van der Waals surface area contributed by atoms with E-state index in [0.717, 1.165) is 12.2 Å². The first-order valence-electron chi connectivity index (χ1n) is 3.38. The van der Waals surface area contributed by atoms with Crippen molar-refractivity contribution in [3.8, 4) is 0 Å². The number of pyridine rings is 1. The second-order valence-electron chi connectivity index (χ2n) is 2.08. The third-order valence-electron chi connectivity index (χ3n) is 1.20. The Bertz CT molecular complexity index is 227. The Hall–Kier alpha value is -0.800. The summed E-state index contributed by atoms with van der Waals surface area (Å²) in [6, 6.07) is 3.61. The molecule has 3 nitrogen and oxygen atoms in total. The molecular formula is C7H10ClN3. The minimum Gasteiger partial charge on any atom is -0.384 e. The van der Waals surface area contributed by atoms with Crippen LogP contribution in [0.3, 0.4) is 0 Å².